The zero-order valence-electron chi connectivity index (χ0n) is 11.0. The van der Waals surface area contributed by atoms with E-state index in [1.165, 1.54) is 36.3 Å². The number of thioether (sulfide) groups is 1. The number of hydrogen-bond donors (Lipinski definition) is 1. The van der Waals surface area contributed by atoms with Gasteiger partial charge in [0.2, 0.25) is 0 Å². The molecular weight excluding hydrogens is 282 g/mol. The summed E-state index contributed by atoms with van der Waals surface area (Å²) >= 11 is 9.88. The number of nitrogens with one attached hydrogen (secondary N) is 1. The second-order valence-corrected chi connectivity index (χ2v) is 8.04. The van der Waals surface area contributed by atoms with Crippen molar-refractivity contribution in [1.29, 1.82) is 0 Å². The maximum atomic E-state index is 5.99. The largest absolute Gasteiger partial charge is 0.313 e. The molecule has 0 amide bonds. The minimum atomic E-state index is 0.593. The molecule has 1 aromatic rings. The van der Waals surface area contributed by atoms with Gasteiger partial charge in [0.25, 0.3) is 0 Å². The Morgan fingerprint density at radius 3 is 2.83 bits per heavy atom. The van der Waals surface area contributed by atoms with Crippen LogP contribution >= 0.6 is 34.7 Å². The van der Waals surface area contributed by atoms with Crippen LogP contribution in [0.25, 0.3) is 0 Å². The van der Waals surface area contributed by atoms with Crippen LogP contribution in [0.3, 0.4) is 0 Å². The first-order valence-corrected chi connectivity index (χ1v) is 9.11. The van der Waals surface area contributed by atoms with Crippen molar-refractivity contribution in [2.24, 2.45) is 0 Å². The lowest BCUT2D eigenvalue weighted by Crippen LogP contribution is -2.33. The van der Waals surface area contributed by atoms with Crippen molar-refractivity contribution in [2.45, 2.75) is 50.3 Å². The highest BCUT2D eigenvalue weighted by molar-refractivity contribution is 7.99. The second kappa shape index (κ2) is 7.78. The Hall–Kier alpha value is 0.300. The highest BCUT2D eigenvalue weighted by Crippen LogP contribution is 2.30. The molecule has 1 heterocycles. The maximum Gasteiger partial charge on any atom is 0.0931 e. The van der Waals surface area contributed by atoms with Crippen molar-refractivity contribution in [2.75, 3.05) is 12.3 Å². The molecule has 0 spiro atoms. The molecule has 1 saturated carbocycles. The predicted octanol–water partition coefficient (Wildman–Crippen LogP) is 4.60. The minimum Gasteiger partial charge on any atom is -0.313 e. The van der Waals surface area contributed by atoms with Crippen molar-refractivity contribution in [3.63, 3.8) is 0 Å². The number of hydrogen-bond acceptors (Lipinski definition) is 3. The molecule has 1 unspecified atom stereocenters. The Morgan fingerprint density at radius 2 is 2.22 bits per heavy atom. The van der Waals surface area contributed by atoms with E-state index in [2.05, 4.69) is 30.1 Å². The van der Waals surface area contributed by atoms with E-state index in [9.17, 15) is 0 Å². The predicted molar refractivity (Wildman–Crippen MR) is 85.2 cm³/mol. The zero-order valence-corrected chi connectivity index (χ0v) is 13.3. The van der Waals surface area contributed by atoms with Gasteiger partial charge in [0, 0.05) is 21.9 Å². The summed E-state index contributed by atoms with van der Waals surface area (Å²) in [6.45, 7) is 3.24. The number of thiophene rings is 1. The van der Waals surface area contributed by atoms with Crippen molar-refractivity contribution >= 4 is 34.7 Å². The van der Waals surface area contributed by atoms with E-state index in [1.54, 1.807) is 11.3 Å². The van der Waals surface area contributed by atoms with Crippen LogP contribution in [-0.2, 0) is 6.42 Å². The molecule has 1 aliphatic carbocycles. The molecule has 0 bridgehead atoms. The Bertz CT molecular complexity index is 347. The van der Waals surface area contributed by atoms with Gasteiger partial charge in [0.05, 0.1) is 4.34 Å². The van der Waals surface area contributed by atoms with Crippen LogP contribution in [0.2, 0.25) is 4.34 Å². The summed E-state index contributed by atoms with van der Waals surface area (Å²) < 4.78 is 0.906. The molecule has 102 valence electrons. The highest BCUT2D eigenvalue weighted by atomic mass is 35.5. The van der Waals surface area contributed by atoms with Gasteiger partial charge in [0.15, 0.2) is 0 Å². The molecule has 0 aliphatic heterocycles. The van der Waals surface area contributed by atoms with Crippen LogP contribution < -0.4 is 5.32 Å². The summed E-state index contributed by atoms with van der Waals surface area (Å²) in [5.41, 5.74) is 0. The van der Waals surface area contributed by atoms with Gasteiger partial charge in [-0.2, -0.15) is 11.8 Å². The Balaban J connectivity index is 1.79. The first-order chi connectivity index (χ1) is 8.78. The van der Waals surface area contributed by atoms with Gasteiger partial charge in [-0.3, -0.25) is 0 Å². The molecule has 18 heavy (non-hydrogen) atoms. The van der Waals surface area contributed by atoms with Crippen molar-refractivity contribution < 1.29 is 0 Å². The Kier molecular flexibility index (Phi) is 6.36. The third-order valence-corrected chi connectivity index (χ3v) is 6.20. The fraction of sp³-hybridized carbons (Fsp3) is 0.714. The summed E-state index contributed by atoms with van der Waals surface area (Å²) in [5.74, 6) is 1.23. The van der Waals surface area contributed by atoms with Crippen molar-refractivity contribution in [1.82, 2.24) is 5.32 Å². The van der Waals surface area contributed by atoms with Gasteiger partial charge in [-0.1, -0.05) is 31.4 Å². The average molecular weight is 304 g/mol. The van der Waals surface area contributed by atoms with Gasteiger partial charge in [-0.25, -0.2) is 0 Å². The van der Waals surface area contributed by atoms with Gasteiger partial charge in [-0.05, 0) is 37.9 Å². The first kappa shape index (κ1) is 14.7. The zero-order chi connectivity index (χ0) is 12.8. The van der Waals surface area contributed by atoms with Crippen LogP contribution in [0.5, 0.6) is 0 Å². The second-order valence-electron chi connectivity index (χ2n) is 4.90. The van der Waals surface area contributed by atoms with Gasteiger partial charge in [-0.15, -0.1) is 11.3 Å². The average Bonchev–Trinajstić information content (AvgIpc) is 2.98. The topological polar surface area (TPSA) is 12.0 Å². The van der Waals surface area contributed by atoms with Crippen LogP contribution in [0.1, 0.15) is 37.5 Å². The molecule has 0 radical (unpaired) electrons. The quantitative estimate of drug-likeness (QED) is 0.790. The van der Waals surface area contributed by atoms with Crippen LogP contribution in [-0.4, -0.2) is 23.6 Å². The van der Waals surface area contributed by atoms with E-state index in [-0.39, 0.29) is 0 Å². The minimum absolute atomic E-state index is 0.593. The number of rotatable bonds is 7. The molecule has 1 aromatic heterocycles. The monoisotopic (exact) mass is 303 g/mol. The normalized spacial score (nSPS) is 18.3. The molecule has 2 rings (SSSR count). The van der Waals surface area contributed by atoms with E-state index < -0.39 is 0 Å². The molecule has 1 nitrogen and oxygen atoms in total. The van der Waals surface area contributed by atoms with Crippen molar-refractivity contribution in [3.8, 4) is 0 Å². The molecule has 1 aliphatic rings. The highest BCUT2D eigenvalue weighted by Gasteiger charge is 2.18. The molecule has 1 atom stereocenters. The lowest BCUT2D eigenvalue weighted by Gasteiger charge is -2.19. The fourth-order valence-electron chi connectivity index (χ4n) is 2.49. The van der Waals surface area contributed by atoms with E-state index in [0.717, 1.165) is 22.6 Å². The van der Waals surface area contributed by atoms with Crippen molar-refractivity contribution in [3.05, 3.63) is 21.3 Å². The molecule has 0 aromatic carbocycles. The van der Waals surface area contributed by atoms with E-state index in [4.69, 9.17) is 11.6 Å². The summed E-state index contributed by atoms with van der Waals surface area (Å²) in [4.78, 5) is 1.40. The standard InChI is InChI=1S/C14H22ClNS2/c1-2-16-11(9-13-7-8-14(15)18-13)10-17-12-5-3-4-6-12/h7-8,11-12,16H,2-6,9-10H2,1H3. The van der Waals surface area contributed by atoms with Crippen LogP contribution in [0, 0.1) is 0 Å². The summed E-state index contributed by atoms with van der Waals surface area (Å²) in [6.07, 6.45) is 6.84. The van der Waals surface area contributed by atoms with E-state index in [0.29, 0.717) is 6.04 Å². The first-order valence-electron chi connectivity index (χ1n) is 6.87. The summed E-state index contributed by atoms with van der Waals surface area (Å²) in [5, 5.41) is 4.52. The molecule has 1 N–H and O–H groups in total. The molecule has 0 saturated heterocycles. The van der Waals surface area contributed by atoms with E-state index >= 15 is 0 Å². The lowest BCUT2D eigenvalue weighted by molar-refractivity contribution is 0.575. The third kappa shape index (κ3) is 4.76. The SMILES string of the molecule is CCNC(CSC1CCCC1)Cc1ccc(Cl)s1. The van der Waals surface area contributed by atoms with E-state index in [1.807, 2.05) is 6.07 Å². The molecule has 1 fully saturated rings. The number of likely N-dealkylation sites (N-methyl/N-ethyl adjacent to an activating group) is 1. The smallest absolute Gasteiger partial charge is 0.0931 e. The van der Waals surface area contributed by atoms with Gasteiger partial charge in [0.1, 0.15) is 0 Å². The van der Waals surface area contributed by atoms with Gasteiger partial charge < -0.3 is 5.32 Å². The maximum absolute atomic E-state index is 5.99. The number of halogens is 1. The molecular formula is C14H22ClNS2. The Labute approximate surface area is 124 Å². The summed E-state index contributed by atoms with van der Waals surface area (Å²) in [7, 11) is 0. The lowest BCUT2D eigenvalue weighted by atomic mass is 10.2. The summed E-state index contributed by atoms with van der Waals surface area (Å²) in [6, 6.07) is 4.77. The van der Waals surface area contributed by atoms with Gasteiger partial charge >= 0.3 is 0 Å². The van der Waals surface area contributed by atoms with Crippen LogP contribution in [0.15, 0.2) is 12.1 Å². The van der Waals surface area contributed by atoms with Crippen LogP contribution in [0.4, 0.5) is 0 Å². The third-order valence-electron chi connectivity index (χ3n) is 3.40. The fourth-order valence-corrected chi connectivity index (χ4v) is 5.06. The Morgan fingerprint density at radius 1 is 1.44 bits per heavy atom. The molecule has 4 heteroatoms.